The fraction of sp³-hybridized carbons (Fsp3) is 0.625. The Morgan fingerprint density at radius 1 is 1.24 bits per heavy atom. The number of nitrogens with one attached hydrogen (secondary N) is 2. The number of benzene rings is 1. The van der Waals surface area contributed by atoms with E-state index in [-0.39, 0.29) is 6.04 Å². The molecular weight excluding hydrogens is 284 g/mol. The van der Waals surface area contributed by atoms with Crippen molar-refractivity contribution < 1.29 is 8.42 Å². The van der Waals surface area contributed by atoms with E-state index in [1.54, 1.807) is 6.07 Å². The molecule has 1 aromatic rings. The summed E-state index contributed by atoms with van der Waals surface area (Å²) in [5.41, 5.74) is 1.77. The molecule has 3 rings (SSSR count). The Hall–Kier alpha value is -1.07. The minimum absolute atomic E-state index is 0.246. The monoisotopic (exact) mass is 308 g/mol. The number of hydrogen-bond donors (Lipinski definition) is 2. The molecule has 0 aliphatic heterocycles. The molecule has 2 fully saturated rings. The SMILES string of the molecule is CC(NC1CC2CCC1C2)c1cccc(NS(C)(=O)=O)c1. The molecule has 1 aromatic carbocycles. The predicted molar refractivity (Wildman–Crippen MR) is 85.7 cm³/mol. The van der Waals surface area contributed by atoms with Gasteiger partial charge in [-0.1, -0.05) is 18.6 Å². The van der Waals surface area contributed by atoms with Crippen LogP contribution in [0.25, 0.3) is 0 Å². The first-order valence-corrected chi connectivity index (χ1v) is 9.63. The van der Waals surface area contributed by atoms with Crippen LogP contribution < -0.4 is 10.0 Å². The molecule has 4 atom stereocenters. The van der Waals surface area contributed by atoms with Crippen molar-refractivity contribution in [2.45, 2.75) is 44.7 Å². The van der Waals surface area contributed by atoms with Crippen molar-refractivity contribution in [3.63, 3.8) is 0 Å². The minimum Gasteiger partial charge on any atom is -0.307 e. The van der Waals surface area contributed by atoms with Crippen molar-refractivity contribution in [2.24, 2.45) is 11.8 Å². The van der Waals surface area contributed by atoms with Gasteiger partial charge in [0.15, 0.2) is 0 Å². The maximum atomic E-state index is 11.3. The van der Waals surface area contributed by atoms with Gasteiger partial charge in [-0.2, -0.15) is 0 Å². The maximum Gasteiger partial charge on any atom is 0.229 e. The van der Waals surface area contributed by atoms with Crippen LogP contribution in [0.4, 0.5) is 5.69 Å². The Morgan fingerprint density at radius 3 is 2.67 bits per heavy atom. The summed E-state index contributed by atoms with van der Waals surface area (Å²) in [6.07, 6.45) is 6.64. The molecule has 0 heterocycles. The van der Waals surface area contributed by atoms with Crippen molar-refractivity contribution in [1.82, 2.24) is 5.32 Å². The Kier molecular flexibility index (Phi) is 3.97. The van der Waals surface area contributed by atoms with E-state index in [0.29, 0.717) is 11.7 Å². The van der Waals surface area contributed by atoms with Crippen LogP contribution in [-0.4, -0.2) is 20.7 Å². The van der Waals surface area contributed by atoms with E-state index in [9.17, 15) is 8.42 Å². The summed E-state index contributed by atoms with van der Waals surface area (Å²) in [5, 5.41) is 3.74. The third-order valence-corrected chi connectivity index (χ3v) is 5.50. The summed E-state index contributed by atoms with van der Waals surface area (Å²) in [6.45, 7) is 2.16. The molecule has 2 bridgehead atoms. The highest BCUT2D eigenvalue weighted by Crippen LogP contribution is 2.45. The first-order chi connectivity index (χ1) is 9.90. The molecular formula is C16H24N2O2S. The largest absolute Gasteiger partial charge is 0.307 e. The molecule has 116 valence electrons. The van der Waals surface area contributed by atoms with Crippen LogP contribution in [0.3, 0.4) is 0 Å². The van der Waals surface area contributed by atoms with Gasteiger partial charge in [-0.15, -0.1) is 0 Å². The fourth-order valence-electron chi connectivity index (χ4n) is 3.95. The Balaban J connectivity index is 1.67. The zero-order valence-electron chi connectivity index (χ0n) is 12.7. The zero-order valence-corrected chi connectivity index (χ0v) is 13.5. The lowest BCUT2D eigenvalue weighted by Gasteiger charge is -2.27. The van der Waals surface area contributed by atoms with E-state index in [2.05, 4.69) is 23.0 Å². The lowest BCUT2D eigenvalue weighted by Crippen LogP contribution is -2.35. The van der Waals surface area contributed by atoms with Crippen LogP contribution in [0.5, 0.6) is 0 Å². The van der Waals surface area contributed by atoms with Gasteiger partial charge in [0.2, 0.25) is 10.0 Å². The van der Waals surface area contributed by atoms with Crippen LogP contribution in [-0.2, 0) is 10.0 Å². The number of hydrogen-bond acceptors (Lipinski definition) is 3. The molecule has 2 N–H and O–H groups in total. The van der Waals surface area contributed by atoms with Crippen molar-refractivity contribution in [2.75, 3.05) is 11.0 Å². The average molecular weight is 308 g/mol. The molecule has 0 radical (unpaired) electrons. The van der Waals surface area contributed by atoms with Crippen LogP contribution in [0.2, 0.25) is 0 Å². The van der Waals surface area contributed by atoms with Crippen LogP contribution in [0.1, 0.15) is 44.2 Å². The summed E-state index contributed by atoms with van der Waals surface area (Å²) < 4.78 is 25.2. The second-order valence-electron chi connectivity index (χ2n) is 6.67. The second-order valence-corrected chi connectivity index (χ2v) is 8.42. The second kappa shape index (κ2) is 5.61. The van der Waals surface area contributed by atoms with Crippen molar-refractivity contribution in [3.05, 3.63) is 29.8 Å². The van der Waals surface area contributed by atoms with Crippen LogP contribution in [0, 0.1) is 11.8 Å². The van der Waals surface area contributed by atoms with Crippen molar-refractivity contribution in [1.29, 1.82) is 0 Å². The van der Waals surface area contributed by atoms with E-state index in [0.717, 1.165) is 17.4 Å². The molecule has 2 aliphatic carbocycles. The van der Waals surface area contributed by atoms with Gasteiger partial charge in [0.05, 0.1) is 6.26 Å². The minimum atomic E-state index is -3.22. The van der Waals surface area contributed by atoms with E-state index < -0.39 is 10.0 Å². The highest BCUT2D eigenvalue weighted by atomic mass is 32.2. The molecule has 0 spiro atoms. The molecule has 0 aromatic heterocycles. The summed E-state index contributed by atoms with van der Waals surface area (Å²) in [7, 11) is -3.22. The maximum absolute atomic E-state index is 11.3. The third kappa shape index (κ3) is 3.58. The van der Waals surface area contributed by atoms with Gasteiger partial charge in [-0.05, 0) is 55.7 Å². The third-order valence-electron chi connectivity index (χ3n) is 4.89. The topological polar surface area (TPSA) is 58.2 Å². The number of anilines is 1. The predicted octanol–water partition coefficient (Wildman–Crippen LogP) is 2.90. The van der Waals surface area contributed by atoms with Gasteiger partial charge in [0.1, 0.15) is 0 Å². The van der Waals surface area contributed by atoms with Crippen molar-refractivity contribution >= 4 is 15.7 Å². The van der Waals surface area contributed by atoms with Crippen LogP contribution >= 0.6 is 0 Å². The van der Waals surface area contributed by atoms with E-state index in [4.69, 9.17) is 0 Å². The molecule has 4 nitrogen and oxygen atoms in total. The van der Waals surface area contributed by atoms with Crippen LogP contribution in [0.15, 0.2) is 24.3 Å². The Bertz CT molecular complexity index is 614. The lowest BCUT2D eigenvalue weighted by atomic mass is 9.94. The fourth-order valence-corrected chi connectivity index (χ4v) is 4.51. The molecule has 5 heteroatoms. The van der Waals surface area contributed by atoms with Gasteiger partial charge >= 0.3 is 0 Å². The molecule has 0 amide bonds. The highest BCUT2D eigenvalue weighted by molar-refractivity contribution is 7.92. The lowest BCUT2D eigenvalue weighted by molar-refractivity contribution is 0.327. The Labute approximate surface area is 127 Å². The smallest absolute Gasteiger partial charge is 0.229 e. The highest BCUT2D eigenvalue weighted by Gasteiger charge is 2.39. The van der Waals surface area contributed by atoms with Gasteiger partial charge in [0, 0.05) is 17.8 Å². The summed E-state index contributed by atoms with van der Waals surface area (Å²) in [6, 6.07) is 8.54. The normalized spacial score (nSPS) is 29.5. The molecule has 2 saturated carbocycles. The number of sulfonamides is 1. The molecule has 2 aliphatic rings. The summed E-state index contributed by atoms with van der Waals surface area (Å²) in [4.78, 5) is 0. The summed E-state index contributed by atoms with van der Waals surface area (Å²) >= 11 is 0. The molecule has 4 unspecified atom stereocenters. The zero-order chi connectivity index (χ0) is 15.0. The van der Waals surface area contributed by atoms with Gasteiger partial charge in [-0.3, -0.25) is 4.72 Å². The Morgan fingerprint density at radius 2 is 2.05 bits per heavy atom. The summed E-state index contributed by atoms with van der Waals surface area (Å²) in [5.74, 6) is 1.77. The first kappa shape index (κ1) is 14.9. The number of rotatable bonds is 5. The van der Waals surface area contributed by atoms with Gasteiger partial charge < -0.3 is 5.32 Å². The van der Waals surface area contributed by atoms with E-state index in [1.807, 2.05) is 12.1 Å². The molecule has 0 saturated heterocycles. The quantitative estimate of drug-likeness (QED) is 0.879. The van der Waals surface area contributed by atoms with E-state index >= 15 is 0 Å². The number of fused-ring (bicyclic) bond motifs is 2. The van der Waals surface area contributed by atoms with Gasteiger partial charge in [0.25, 0.3) is 0 Å². The molecule has 21 heavy (non-hydrogen) atoms. The van der Waals surface area contributed by atoms with E-state index in [1.165, 1.54) is 31.9 Å². The average Bonchev–Trinajstić information content (AvgIpc) is 2.99. The van der Waals surface area contributed by atoms with Gasteiger partial charge in [-0.25, -0.2) is 8.42 Å². The first-order valence-electron chi connectivity index (χ1n) is 7.74. The standard InChI is InChI=1S/C16H24N2O2S/c1-11(17-16-9-12-6-7-14(16)8-12)13-4-3-5-15(10-13)18-21(2,19)20/h3-5,10-12,14,16-18H,6-9H2,1-2H3. The van der Waals surface area contributed by atoms with Crippen molar-refractivity contribution in [3.8, 4) is 0 Å².